The average Bonchev–Trinajstić information content (AvgIpc) is 2.83. The second-order valence-corrected chi connectivity index (χ2v) is 3.41. The molecule has 0 bridgehead atoms. The van der Waals surface area contributed by atoms with E-state index in [4.69, 9.17) is 9.26 Å². The molecule has 2 aromatic heterocycles. The Morgan fingerprint density at radius 3 is 2.88 bits per heavy atom. The predicted octanol–water partition coefficient (Wildman–Crippen LogP) is 2.74. The number of methoxy groups -OCH3 is 1. The van der Waals surface area contributed by atoms with E-state index in [1.54, 1.807) is 38.2 Å². The normalized spacial score (nSPS) is 11.5. The van der Waals surface area contributed by atoms with Gasteiger partial charge in [-0.25, -0.2) is 0 Å². The number of hydrogen-bond acceptors (Lipinski definition) is 4. The van der Waals surface area contributed by atoms with Gasteiger partial charge < -0.3 is 9.26 Å². The molecule has 0 saturated heterocycles. The van der Waals surface area contributed by atoms with Gasteiger partial charge in [0.1, 0.15) is 6.26 Å². The molecule has 0 spiro atoms. The summed E-state index contributed by atoms with van der Waals surface area (Å²) in [5.41, 5.74) is 3.93. The quantitative estimate of drug-likeness (QED) is 0.740. The monoisotopic (exact) mass is 216 g/mol. The van der Waals surface area contributed by atoms with E-state index in [9.17, 15) is 0 Å². The van der Waals surface area contributed by atoms with Crippen molar-refractivity contribution >= 4 is 5.57 Å². The van der Waals surface area contributed by atoms with E-state index in [-0.39, 0.29) is 0 Å². The highest BCUT2D eigenvalue weighted by molar-refractivity contribution is 5.69. The van der Waals surface area contributed by atoms with Gasteiger partial charge in [0.05, 0.1) is 19.6 Å². The largest absolute Gasteiger partial charge is 0.504 e. The lowest BCUT2D eigenvalue weighted by Gasteiger charge is -2.02. The Bertz CT molecular complexity index is 489. The zero-order valence-electron chi connectivity index (χ0n) is 9.18. The fourth-order valence-corrected chi connectivity index (χ4v) is 1.41. The summed E-state index contributed by atoms with van der Waals surface area (Å²) in [5.74, 6) is 0. The van der Waals surface area contributed by atoms with Crippen molar-refractivity contribution in [1.82, 2.24) is 10.1 Å². The third-order valence-corrected chi connectivity index (χ3v) is 2.25. The summed E-state index contributed by atoms with van der Waals surface area (Å²) in [5, 5.41) is 3.67. The summed E-state index contributed by atoms with van der Waals surface area (Å²) in [7, 11) is 1.63. The third kappa shape index (κ3) is 2.11. The molecule has 0 unspecified atom stereocenters. The Morgan fingerprint density at radius 1 is 1.31 bits per heavy atom. The molecule has 16 heavy (non-hydrogen) atoms. The lowest BCUT2D eigenvalue weighted by molar-refractivity contribution is 0.339. The molecule has 0 aliphatic heterocycles. The van der Waals surface area contributed by atoms with Gasteiger partial charge in [0.2, 0.25) is 0 Å². The highest BCUT2D eigenvalue weighted by Gasteiger charge is 2.03. The predicted molar refractivity (Wildman–Crippen MR) is 60.4 cm³/mol. The molecule has 0 aliphatic carbocycles. The van der Waals surface area contributed by atoms with Crippen molar-refractivity contribution in [3.63, 3.8) is 0 Å². The third-order valence-electron chi connectivity index (χ3n) is 2.25. The van der Waals surface area contributed by atoms with Crippen LogP contribution in [0.3, 0.4) is 0 Å². The first-order valence-electron chi connectivity index (χ1n) is 4.86. The van der Waals surface area contributed by atoms with Crippen molar-refractivity contribution in [1.29, 1.82) is 0 Å². The van der Waals surface area contributed by atoms with Gasteiger partial charge in [-0.1, -0.05) is 5.16 Å². The maximum Gasteiger partial charge on any atom is 0.131 e. The first-order chi connectivity index (χ1) is 7.81. The van der Waals surface area contributed by atoms with E-state index in [1.807, 2.05) is 13.0 Å². The Hall–Kier alpha value is -2.10. The van der Waals surface area contributed by atoms with E-state index < -0.39 is 0 Å². The number of rotatable bonds is 3. The molecule has 0 N–H and O–H groups in total. The molecule has 0 atom stereocenters. The molecule has 0 aliphatic rings. The Kier molecular flexibility index (Phi) is 3.00. The van der Waals surface area contributed by atoms with Crippen molar-refractivity contribution in [2.75, 3.05) is 7.11 Å². The maximum absolute atomic E-state index is 4.97. The van der Waals surface area contributed by atoms with Crippen LogP contribution in [0.5, 0.6) is 0 Å². The fourth-order valence-electron chi connectivity index (χ4n) is 1.41. The minimum Gasteiger partial charge on any atom is -0.504 e. The average molecular weight is 216 g/mol. The van der Waals surface area contributed by atoms with Crippen LogP contribution in [0, 0.1) is 0 Å². The van der Waals surface area contributed by atoms with Crippen LogP contribution in [0.15, 0.2) is 41.7 Å². The SMILES string of the molecule is COC=C(C)c1cncc(-c2cnoc2)c1. The number of nitrogens with zero attached hydrogens (tertiary/aromatic N) is 2. The molecule has 0 saturated carbocycles. The zero-order valence-corrected chi connectivity index (χ0v) is 9.18. The van der Waals surface area contributed by atoms with E-state index in [0.717, 1.165) is 22.3 Å². The van der Waals surface area contributed by atoms with Crippen LogP contribution in [0.25, 0.3) is 16.7 Å². The second-order valence-electron chi connectivity index (χ2n) is 3.41. The molecule has 4 heteroatoms. The van der Waals surface area contributed by atoms with Crippen molar-refractivity contribution in [3.05, 3.63) is 42.7 Å². The topological polar surface area (TPSA) is 48.2 Å². The van der Waals surface area contributed by atoms with Gasteiger partial charge in [0, 0.05) is 23.5 Å². The second kappa shape index (κ2) is 4.61. The first-order valence-corrected chi connectivity index (χ1v) is 4.86. The fraction of sp³-hybridized carbons (Fsp3) is 0.167. The van der Waals surface area contributed by atoms with Crippen LogP contribution in [0.1, 0.15) is 12.5 Å². The molecule has 0 amide bonds. The molecule has 0 aromatic carbocycles. The van der Waals surface area contributed by atoms with Gasteiger partial charge in [-0.3, -0.25) is 4.98 Å². The minimum atomic E-state index is 0.916. The smallest absolute Gasteiger partial charge is 0.131 e. The number of allylic oxidation sites excluding steroid dienone is 1. The number of pyridine rings is 1. The molecule has 0 fully saturated rings. The van der Waals surface area contributed by atoms with E-state index in [1.165, 1.54) is 0 Å². The van der Waals surface area contributed by atoms with Crippen LogP contribution >= 0.6 is 0 Å². The summed E-state index contributed by atoms with van der Waals surface area (Å²) >= 11 is 0. The van der Waals surface area contributed by atoms with Crippen molar-refractivity contribution in [2.24, 2.45) is 0 Å². The van der Waals surface area contributed by atoms with Crippen LogP contribution in [-0.2, 0) is 4.74 Å². The van der Waals surface area contributed by atoms with E-state index >= 15 is 0 Å². The number of ether oxygens (including phenoxy) is 1. The van der Waals surface area contributed by atoms with Gasteiger partial charge in [-0.15, -0.1) is 0 Å². The Balaban J connectivity index is 2.37. The molecular weight excluding hydrogens is 204 g/mol. The first kappa shape index (κ1) is 10.4. The lowest BCUT2D eigenvalue weighted by atomic mass is 10.1. The van der Waals surface area contributed by atoms with Crippen molar-refractivity contribution < 1.29 is 9.26 Å². The molecule has 2 aromatic rings. The number of hydrogen-bond donors (Lipinski definition) is 0. The summed E-state index contributed by atoms with van der Waals surface area (Å²) in [6.07, 6.45) is 8.51. The highest BCUT2D eigenvalue weighted by Crippen LogP contribution is 2.21. The van der Waals surface area contributed by atoms with Crippen molar-refractivity contribution in [2.45, 2.75) is 6.92 Å². The molecule has 4 nitrogen and oxygen atoms in total. The zero-order chi connectivity index (χ0) is 11.4. The Morgan fingerprint density at radius 2 is 2.19 bits per heavy atom. The standard InChI is InChI=1S/C12H12N2O2/c1-9(7-15-2)10-3-11(5-13-4-10)12-6-14-16-8-12/h3-8H,1-2H3. The molecular formula is C12H12N2O2. The van der Waals surface area contributed by atoms with Crippen LogP contribution < -0.4 is 0 Å². The van der Waals surface area contributed by atoms with E-state index in [0.29, 0.717) is 0 Å². The minimum absolute atomic E-state index is 0.916. The van der Waals surface area contributed by atoms with Gasteiger partial charge in [0.15, 0.2) is 0 Å². The van der Waals surface area contributed by atoms with E-state index in [2.05, 4.69) is 10.1 Å². The lowest BCUT2D eigenvalue weighted by Crippen LogP contribution is -1.85. The summed E-state index contributed by atoms with van der Waals surface area (Å²) in [4.78, 5) is 4.18. The van der Waals surface area contributed by atoms with Gasteiger partial charge in [-0.05, 0) is 24.1 Å². The van der Waals surface area contributed by atoms with Crippen LogP contribution in [0.2, 0.25) is 0 Å². The van der Waals surface area contributed by atoms with Crippen LogP contribution in [-0.4, -0.2) is 17.3 Å². The van der Waals surface area contributed by atoms with Gasteiger partial charge in [0.25, 0.3) is 0 Å². The summed E-state index contributed by atoms with van der Waals surface area (Å²) < 4.78 is 9.77. The Labute approximate surface area is 93.6 Å². The highest BCUT2D eigenvalue weighted by atomic mass is 16.5. The van der Waals surface area contributed by atoms with Crippen LogP contribution in [0.4, 0.5) is 0 Å². The molecule has 2 heterocycles. The summed E-state index contributed by atoms with van der Waals surface area (Å²) in [6.45, 7) is 1.97. The van der Waals surface area contributed by atoms with Gasteiger partial charge in [-0.2, -0.15) is 0 Å². The van der Waals surface area contributed by atoms with Gasteiger partial charge >= 0.3 is 0 Å². The molecule has 0 radical (unpaired) electrons. The summed E-state index contributed by atoms with van der Waals surface area (Å²) in [6, 6.07) is 2.02. The molecule has 82 valence electrons. The van der Waals surface area contributed by atoms with Crippen molar-refractivity contribution in [3.8, 4) is 11.1 Å². The maximum atomic E-state index is 4.97. The number of aromatic nitrogens is 2. The molecule has 2 rings (SSSR count).